The van der Waals surface area contributed by atoms with Gasteiger partial charge in [0, 0.05) is 20.0 Å². The van der Waals surface area contributed by atoms with E-state index < -0.39 is 32.5 Å². The highest BCUT2D eigenvalue weighted by Gasteiger charge is 2.24. The van der Waals surface area contributed by atoms with Gasteiger partial charge in [0.25, 0.3) is 0 Å². The molecule has 2 atom stereocenters. The van der Waals surface area contributed by atoms with Crippen molar-refractivity contribution in [3.05, 3.63) is 109 Å². The number of ether oxygens (including phenoxy) is 2. The van der Waals surface area contributed by atoms with Gasteiger partial charge in [0.15, 0.2) is 6.10 Å². The molecule has 0 spiro atoms. The zero-order valence-electron chi connectivity index (χ0n) is 31.4. The Hall–Kier alpha value is -3.29. The minimum absolute atomic E-state index is 0.106. The molecule has 1 N–H and O–H groups in total. The van der Waals surface area contributed by atoms with Crippen molar-refractivity contribution in [3.63, 3.8) is 0 Å². The quantitative estimate of drug-likeness (QED) is 0.0316. The van der Waals surface area contributed by atoms with Crippen LogP contribution in [0.2, 0.25) is 0 Å². The summed E-state index contributed by atoms with van der Waals surface area (Å²) in [6, 6.07) is 0. The van der Waals surface area contributed by atoms with Gasteiger partial charge in [0.2, 0.25) is 0 Å². The Bertz CT molecular complexity index is 1190. The van der Waals surface area contributed by atoms with Crippen LogP contribution in [-0.2, 0) is 32.7 Å². The summed E-state index contributed by atoms with van der Waals surface area (Å²) < 4.78 is 31.7. The van der Waals surface area contributed by atoms with Gasteiger partial charge in [-0.2, -0.15) is 0 Å². The fourth-order valence-corrected chi connectivity index (χ4v) is 4.68. The third kappa shape index (κ3) is 36.3. The number of carbonyl (C=O) groups excluding carboxylic acids is 2. The molecule has 0 radical (unpaired) electrons. The molecule has 2 unspecified atom stereocenters. The summed E-state index contributed by atoms with van der Waals surface area (Å²) in [5.41, 5.74) is 0. The highest BCUT2D eigenvalue weighted by molar-refractivity contribution is 7.47. The van der Waals surface area contributed by atoms with Crippen molar-refractivity contribution >= 4 is 19.8 Å². The lowest BCUT2D eigenvalue weighted by Gasteiger charge is -2.19. The first-order chi connectivity index (χ1) is 24.8. The normalized spacial score (nSPS) is 14.7. The molecule has 8 nitrogen and oxygen atoms in total. The van der Waals surface area contributed by atoms with Gasteiger partial charge in [-0.25, -0.2) is 4.57 Å². The molecule has 0 rings (SSSR count). The van der Waals surface area contributed by atoms with E-state index in [1.807, 2.05) is 12.2 Å². The minimum Gasteiger partial charge on any atom is -0.462 e. The highest BCUT2D eigenvalue weighted by Crippen LogP contribution is 2.42. The Balaban J connectivity index is 4.29. The number of esters is 2. The van der Waals surface area contributed by atoms with E-state index in [4.69, 9.17) is 14.0 Å². The van der Waals surface area contributed by atoms with Gasteiger partial charge >= 0.3 is 19.8 Å². The lowest BCUT2D eigenvalue weighted by molar-refractivity contribution is -0.161. The Morgan fingerprint density at radius 2 is 0.980 bits per heavy atom. The molecule has 0 aliphatic heterocycles. The summed E-state index contributed by atoms with van der Waals surface area (Å²) in [4.78, 5) is 34.3. The average molecular weight is 729 g/mol. The highest BCUT2D eigenvalue weighted by atomic mass is 31.2. The Labute approximate surface area is 309 Å². The van der Waals surface area contributed by atoms with Gasteiger partial charge in [-0.05, 0) is 83.5 Å². The van der Waals surface area contributed by atoms with Gasteiger partial charge in [-0.15, -0.1) is 0 Å². The Morgan fingerprint density at radius 1 is 0.549 bits per heavy atom. The molecule has 0 aromatic rings. The zero-order chi connectivity index (χ0) is 37.5. The topological polar surface area (TPSA) is 108 Å². The number of hydrogen-bond donors (Lipinski definition) is 1. The van der Waals surface area contributed by atoms with E-state index in [1.165, 1.54) is 0 Å². The molecule has 9 heteroatoms. The molecule has 0 aromatic carbocycles. The maximum absolute atomic E-state index is 12.4. The number of phosphoric ester groups is 1. The van der Waals surface area contributed by atoms with E-state index >= 15 is 0 Å². The first-order valence-corrected chi connectivity index (χ1v) is 20.1. The van der Waals surface area contributed by atoms with Crippen LogP contribution < -0.4 is 0 Å². The van der Waals surface area contributed by atoms with Crippen LogP contribution in [0.3, 0.4) is 0 Å². The molecule has 0 aliphatic rings. The van der Waals surface area contributed by atoms with Gasteiger partial charge in [-0.1, -0.05) is 130 Å². The van der Waals surface area contributed by atoms with Crippen LogP contribution in [0.25, 0.3) is 0 Å². The SMILES string of the molecule is CC/C=C\C/C=C\C/C=C\C/C=C\C/C=C\C/C=C\CCC(=O)OC(COC(=O)CCCCC/C=C\C/C=C\C/C=C\CC)COP(=O)(O)OC. The van der Waals surface area contributed by atoms with E-state index in [2.05, 4.69) is 116 Å². The van der Waals surface area contributed by atoms with Crippen molar-refractivity contribution in [1.82, 2.24) is 0 Å². The van der Waals surface area contributed by atoms with Crippen LogP contribution in [0.5, 0.6) is 0 Å². The maximum atomic E-state index is 12.4. The van der Waals surface area contributed by atoms with E-state index in [1.54, 1.807) is 0 Å². The third-order valence-corrected chi connectivity index (χ3v) is 7.96. The lowest BCUT2D eigenvalue weighted by Crippen LogP contribution is -2.29. The number of phosphoric acid groups is 1. The number of unbranched alkanes of at least 4 members (excludes halogenated alkanes) is 3. The zero-order valence-corrected chi connectivity index (χ0v) is 32.3. The smallest absolute Gasteiger partial charge is 0.462 e. The largest absolute Gasteiger partial charge is 0.472 e. The van der Waals surface area contributed by atoms with Crippen LogP contribution in [0.15, 0.2) is 109 Å². The molecule has 0 bridgehead atoms. The molecular formula is C42H65O8P. The summed E-state index contributed by atoms with van der Waals surface area (Å²) >= 11 is 0. The van der Waals surface area contributed by atoms with E-state index in [9.17, 15) is 19.0 Å². The Morgan fingerprint density at radius 3 is 1.43 bits per heavy atom. The molecule has 0 aliphatic carbocycles. The van der Waals surface area contributed by atoms with Gasteiger partial charge in [0.05, 0.1) is 6.61 Å². The first kappa shape index (κ1) is 47.7. The van der Waals surface area contributed by atoms with Crippen molar-refractivity contribution < 1.29 is 37.6 Å². The van der Waals surface area contributed by atoms with E-state index in [-0.39, 0.29) is 19.4 Å². The molecule has 0 aromatic heterocycles. The standard InChI is InChI=1S/C42H65O8P/c1-4-6-8-10-12-14-16-18-19-20-21-22-23-25-27-29-31-33-35-37-42(44)50-40(39-49-51(45,46)47-3)38-48-41(43)36-34-32-30-28-26-24-17-15-13-11-9-7-5-2/h6-9,12-15,18-19,21-22,24-27,31,33,40H,4-5,10-11,16-17,20,23,28-30,32,34-39H2,1-3H3,(H,45,46)/b8-6-,9-7-,14-12-,15-13-,19-18-,22-21-,26-24-,27-25-,33-31-. The molecule has 0 amide bonds. The molecule has 0 saturated carbocycles. The summed E-state index contributed by atoms with van der Waals surface area (Å²) in [6.45, 7) is 3.53. The van der Waals surface area contributed by atoms with Crippen LogP contribution in [-0.4, -0.2) is 43.3 Å². The number of rotatable bonds is 32. The predicted molar refractivity (Wildman–Crippen MR) is 211 cm³/mol. The molecular weight excluding hydrogens is 663 g/mol. The van der Waals surface area contributed by atoms with E-state index in [0.29, 0.717) is 12.8 Å². The molecule has 51 heavy (non-hydrogen) atoms. The van der Waals surface area contributed by atoms with Gasteiger partial charge in [-0.3, -0.25) is 18.6 Å². The predicted octanol–water partition coefficient (Wildman–Crippen LogP) is 11.5. The minimum atomic E-state index is -4.29. The number of allylic oxidation sites excluding steroid dienone is 18. The van der Waals surface area contributed by atoms with Crippen molar-refractivity contribution in [2.24, 2.45) is 0 Å². The summed E-state index contributed by atoms with van der Waals surface area (Å²) in [5, 5.41) is 0. The molecule has 286 valence electrons. The summed E-state index contributed by atoms with van der Waals surface area (Å²) in [7, 11) is -3.26. The van der Waals surface area contributed by atoms with Crippen molar-refractivity contribution in [2.45, 2.75) is 123 Å². The molecule has 0 heterocycles. The third-order valence-electron chi connectivity index (χ3n) is 7.03. The van der Waals surface area contributed by atoms with Crippen LogP contribution in [0.4, 0.5) is 0 Å². The average Bonchev–Trinajstić information content (AvgIpc) is 3.12. The van der Waals surface area contributed by atoms with Crippen molar-refractivity contribution in [2.75, 3.05) is 20.3 Å². The van der Waals surface area contributed by atoms with Crippen molar-refractivity contribution in [1.29, 1.82) is 0 Å². The second-order valence-electron chi connectivity index (χ2n) is 11.6. The fraction of sp³-hybridized carbons (Fsp3) is 0.524. The second-order valence-corrected chi connectivity index (χ2v) is 13.1. The second kappa shape index (κ2) is 36.5. The van der Waals surface area contributed by atoms with Crippen LogP contribution >= 0.6 is 7.82 Å². The molecule has 0 fully saturated rings. The van der Waals surface area contributed by atoms with Crippen molar-refractivity contribution in [3.8, 4) is 0 Å². The first-order valence-electron chi connectivity index (χ1n) is 18.6. The van der Waals surface area contributed by atoms with Gasteiger partial charge in [0.1, 0.15) is 6.61 Å². The number of carbonyl (C=O) groups is 2. The summed E-state index contributed by atoms with van der Waals surface area (Å²) in [6.07, 6.45) is 50.2. The van der Waals surface area contributed by atoms with Crippen LogP contribution in [0, 0.1) is 0 Å². The Kier molecular flexibility index (Phi) is 34.1. The number of hydrogen-bond acceptors (Lipinski definition) is 7. The fourth-order valence-electron chi connectivity index (χ4n) is 4.22. The monoisotopic (exact) mass is 728 g/mol. The van der Waals surface area contributed by atoms with Crippen LogP contribution in [0.1, 0.15) is 117 Å². The van der Waals surface area contributed by atoms with Gasteiger partial charge < -0.3 is 14.4 Å². The summed E-state index contributed by atoms with van der Waals surface area (Å²) in [5.74, 6) is -0.952. The lowest BCUT2D eigenvalue weighted by atomic mass is 10.1. The maximum Gasteiger partial charge on any atom is 0.472 e. The molecule has 0 saturated heterocycles. The van der Waals surface area contributed by atoms with E-state index in [0.717, 1.165) is 84.2 Å².